The summed E-state index contributed by atoms with van der Waals surface area (Å²) < 4.78 is 5.13. The maximum absolute atomic E-state index is 12.5. The molecule has 4 unspecified atom stereocenters. The van der Waals surface area contributed by atoms with Crippen LogP contribution in [0.3, 0.4) is 0 Å². The maximum atomic E-state index is 12.5. The monoisotopic (exact) mass is 360 g/mol. The highest BCUT2D eigenvalue weighted by Gasteiger charge is 2.46. The van der Waals surface area contributed by atoms with Crippen LogP contribution < -0.4 is 23.0 Å². The van der Waals surface area contributed by atoms with E-state index < -0.39 is 48.8 Å². The molecule has 25 heavy (non-hydrogen) atoms. The maximum Gasteiger partial charge on any atom is 0.339 e. The minimum absolute atomic E-state index is 0.102. The van der Waals surface area contributed by atoms with Crippen molar-refractivity contribution in [2.24, 2.45) is 28.0 Å². The molecule has 0 aliphatic carbocycles. The van der Waals surface area contributed by atoms with E-state index in [1.165, 1.54) is 0 Å². The van der Waals surface area contributed by atoms with Crippen molar-refractivity contribution < 1.29 is 29.6 Å². The molecule has 0 aromatic carbocycles. The Morgan fingerprint density at radius 3 is 2.24 bits per heavy atom. The summed E-state index contributed by atoms with van der Waals surface area (Å²) in [6, 6.07) is -1.20. The molecule has 0 radical (unpaired) electrons. The lowest BCUT2D eigenvalue weighted by Gasteiger charge is -2.26. The SMILES string of the molecule is CCC/C(N)=C(N)/C(=N/C(N)=O)C(=O)N(N)C1OC(CO)C(O)C1O. The Labute approximate surface area is 143 Å². The Kier molecular flexibility index (Phi) is 7.26. The molecule has 1 rings (SSSR count). The zero-order valence-corrected chi connectivity index (χ0v) is 13.7. The topological polar surface area (TPSA) is 224 Å². The molecule has 3 amide bonds. The van der Waals surface area contributed by atoms with E-state index in [0.29, 0.717) is 17.9 Å². The molecule has 11 N–H and O–H groups in total. The Balaban J connectivity index is 3.14. The van der Waals surface area contributed by atoms with Crippen LogP contribution in [-0.2, 0) is 9.53 Å². The van der Waals surface area contributed by atoms with Gasteiger partial charge in [-0.2, -0.15) is 4.99 Å². The molecule has 1 aliphatic rings. The first-order valence-corrected chi connectivity index (χ1v) is 7.48. The van der Waals surface area contributed by atoms with E-state index in [1.54, 1.807) is 0 Å². The number of aliphatic imine (C=N–C) groups is 1. The fourth-order valence-corrected chi connectivity index (χ4v) is 2.24. The van der Waals surface area contributed by atoms with E-state index in [4.69, 9.17) is 32.9 Å². The molecule has 1 heterocycles. The second-order valence-corrected chi connectivity index (χ2v) is 5.43. The standard InChI is InChI=1S/C13H24N6O6/c1-2-3-5(14)7(15)8(18-13(16)24)11(23)19(17)12-10(22)9(21)6(4-20)25-12/h6,9-10,12,20-22H,2-4,14-15,17H2,1H3,(H2,16,24)/b7-5+,18-8-. The molecule has 0 bridgehead atoms. The number of nitrogens with zero attached hydrogens (tertiary/aromatic N) is 2. The van der Waals surface area contributed by atoms with Gasteiger partial charge in [-0.1, -0.05) is 13.3 Å². The normalized spacial score (nSPS) is 27.8. The third kappa shape index (κ3) is 4.64. The van der Waals surface area contributed by atoms with Crippen LogP contribution in [0.25, 0.3) is 0 Å². The number of aliphatic hydroxyl groups is 3. The van der Waals surface area contributed by atoms with Crippen molar-refractivity contribution in [3.05, 3.63) is 11.4 Å². The van der Waals surface area contributed by atoms with Crippen molar-refractivity contribution in [3.63, 3.8) is 0 Å². The third-order valence-electron chi connectivity index (χ3n) is 3.57. The van der Waals surface area contributed by atoms with Crippen LogP contribution in [0.1, 0.15) is 19.8 Å². The minimum Gasteiger partial charge on any atom is -0.400 e. The zero-order valence-electron chi connectivity index (χ0n) is 13.7. The van der Waals surface area contributed by atoms with Gasteiger partial charge in [-0.3, -0.25) is 4.79 Å². The van der Waals surface area contributed by atoms with Gasteiger partial charge in [0.15, 0.2) is 11.9 Å². The molecular formula is C13H24N6O6. The number of hydrogen-bond acceptors (Lipinski definition) is 9. The van der Waals surface area contributed by atoms with Gasteiger partial charge in [0, 0.05) is 5.70 Å². The van der Waals surface area contributed by atoms with E-state index in [-0.39, 0.29) is 11.4 Å². The summed E-state index contributed by atoms with van der Waals surface area (Å²) in [6.07, 6.45) is -4.77. The van der Waals surface area contributed by atoms with Gasteiger partial charge in [0.1, 0.15) is 18.3 Å². The summed E-state index contributed by atoms with van der Waals surface area (Å²) >= 11 is 0. The molecule has 142 valence electrons. The molecule has 0 aromatic rings. The number of hydrazine groups is 1. The number of allylic oxidation sites excluding steroid dienone is 1. The van der Waals surface area contributed by atoms with Crippen molar-refractivity contribution in [2.45, 2.75) is 44.3 Å². The van der Waals surface area contributed by atoms with Gasteiger partial charge in [0.2, 0.25) is 0 Å². The Morgan fingerprint density at radius 2 is 1.80 bits per heavy atom. The van der Waals surface area contributed by atoms with Gasteiger partial charge in [-0.15, -0.1) is 0 Å². The molecule has 1 saturated heterocycles. The Hall–Kier alpha value is -2.25. The predicted octanol–water partition coefficient (Wildman–Crippen LogP) is -3.42. The number of primary amides is 1. The van der Waals surface area contributed by atoms with Crippen LogP contribution in [0.5, 0.6) is 0 Å². The number of carbonyl (C=O) groups is 2. The number of carbonyl (C=O) groups excluding carboxylic acids is 2. The molecule has 0 saturated carbocycles. The van der Waals surface area contributed by atoms with Gasteiger partial charge < -0.3 is 37.3 Å². The Bertz CT molecular complexity index is 579. The summed E-state index contributed by atoms with van der Waals surface area (Å²) in [5.74, 6) is 4.53. The highest BCUT2D eigenvalue weighted by atomic mass is 16.6. The number of amides is 3. The molecule has 12 heteroatoms. The number of nitrogens with two attached hydrogens (primary N) is 4. The van der Waals surface area contributed by atoms with Gasteiger partial charge in [0.25, 0.3) is 5.91 Å². The summed E-state index contributed by atoms with van der Waals surface area (Å²) in [7, 11) is 0. The fourth-order valence-electron chi connectivity index (χ4n) is 2.24. The predicted molar refractivity (Wildman–Crippen MR) is 86.1 cm³/mol. The van der Waals surface area contributed by atoms with Crippen LogP contribution in [0.2, 0.25) is 0 Å². The molecule has 12 nitrogen and oxygen atoms in total. The van der Waals surface area contributed by atoms with Crippen LogP contribution in [0, 0.1) is 0 Å². The number of rotatable bonds is 6. The first kappa shape index (κ1) is 20.8. The smallest absolute Gasteiger partial charge is 0.339 e. The van der Waals surface area contributed by atoms with Crippen molar-refractivity contribution in [3.8, 4) is 0 Å². The summed E-state index contributed by atoms with van der Waals surface area (Å²) in [5, 5.41) is 29.1. The second-order valence-electron chi connectivity index (χ2n) is 5.43. The highest BCUT2D eigenvalue weighted by molar-refractivity contribution is 6.46. The van der Waals surface area contributed by atoms with E-state index in [9.17, 15) is 19.8 Å². The van der Waals surface area contributed by atoms with Crippen molar-refractivity contribution >= 4 is 17.6 Å². The first-order valence-electron chi connectivity index (χ1n) is 7.48. The molecule has 0 spiro atoms. The lowest BCUT2D eigenvalue weighted by Crippen LogP contribution is -2.54. The second kappa shape index (κ2) is 8.73. The number of urea groups is 1. The van der Waals surface area contributed by atoms with E-state index in [0.717, 1.165) is 0 Å². The molecule has 4 atom stereocenters. The van der Waals surface area contributed by atoms with Crippen LogP contribution >= 0.6 is 0 Å². The van der Waals surface area contributed by atoms with Gasteiger partial charge >= 0.3 is 6.03 Å². The average molecular weight is 360 g/mol. The number of aliphatic hydroxyl groups excluding tert-OH is 3. The molecule has 1 fully saturated rings. The third-order valence-corrected chi connectivity index (χ3v) is 3.57. The number of hydrogen-bond donors (Lipinski definition) is 7. The average Bonchev–Trinajstić information content (AvgIpc) is 2.85. The van der Waals surface area contributed by atoms with Crippen LogP contribution in [-0.4, -0.2) is 69.1 Å². The van der Waals surface area contributed by atoms with Gasteiger partial charge in [0.05, 0.1) is 12.3 Å². The van der Waals surface area contributed by atoms with E-state index in [2.05, 4.69) is 4.99 Å². The quantitative estimate of drug-likeness (QED) is 0.108. The summed E-state index contributed by atoms with van der Waals surface area (Å²) in [4.78, 5) is 27.0. The minimum atomic E-state index is -1.60. The summed E-state index contributed by atoms with van der Waals surface area (Å²) in [6.45, 7) is 1.21. The van der Waals surface area contributed by atoms with E-state index >= 15 is 0 Å². The fraction of sp³-hybridized carbons (Fsp3) is 0.615. The zero-order chi connectivity index (χ0) is 19.3. The van der Waals surface area contributed by atoms with E-state index in [1.807, 2.05) is 6.92 Å². The van der Waals surface area contributed by atoms with Crippen molar-refractivity contribution in [1.82, 2.24) is 5.01 Å². The Morgan fingerprint density at radius 1 is 1.20 bits per heavy atom. The largest absolute Gasteiger partial charge is 0.400 e. The molecule has 1 aliphatic heterocycles. The lowest BCUT2D eigenvalue weighted by molar-refractivity contribution is -0.146. The van der Waals surface area contributed by atoms with Gasteiger partial charge in [-0.25, -0.2) is 15.6 Å². The van der Waals surface area contributed by atoms with Crippen molar-refractivity contribution in [2.75, 3.05) is 6.61 Å². The molecule has 0 aromatic heterocycles. The van der Waals surface area contributed by atoms with Crippen molar-refractivity contribution in [1.29, 1.82) is 0 Å². The van der Waals surface area contributed by atoms with Crippen LogP contribution in [0.4, 0.5) is 4.79 Å². The van der Waals surface area contributed by atoms with Gasteiger partial charge in [-0.05, 0) is 6.42 Å². The highest BCUT2D eigenvalue weighted by Crippen LogP contribution is 2.23. The number of ether oxygens (including phenoxy) is 1. The van der Waals surface area contributed by atoms with Crippen LogP contribution in [0.15, 0.2) is 16.4 Å². The molecular weight excluding hydrogens is 336 g/mol. The lowest BCUT2D eigenvalue weighted by atomic mass is 10.1. The first-order chi connectivity index (χ1) is 11.6. The summed E-state index contributed by atoms with van der Waals surface area (Å²) in [5.41, 5.74) is 15.7.